The molecule has 22 heavy (non-hydrogen) atoms. The number of hydrogen-bond donors (Lipinski definition) is 0. The summed E-state index contributed by atoms with van der Waals surface area (Å²) in [5.41, 5.74) is 0.767. The quantitative estimate of drug-likeness (QED) is 0.795. The summed E-state index contributed by atoms with van der Waals surface area (Å²) in [6, 6.07) is 3.27. The molecule has 3 heterocycles. The van der Waals surface area contributed by atoms with Crippen LogP contribution >= 0.6 is 0 Å². The molecule has 3 rings (SSSR count). The van der Waals surface area contributed by atoms with Gasteiger partial charge in [-0.15, -0.1) is 0 Å². The molecule has 2 amide bonds. The number of hydrogen-bond acceptors (Lipinski definition) is 4. The Hall–Kier alpha value is -2.31. The van der Waals surface area contributed by atoms with Gasteiger partial charge in [-0.05, 0) is 26.0 Å². The van der Waals surface area contributed by atoms with Crippen LogP contribution in [0.4, 0.5) is 4.79 Å². The van der Waals surface area contributed by atoms with Crippen LogP contribution in [-0.2, 0) is 11.3 Å². The van der Waals surface area contributed by atoms with Gasteiger partial charge in [0.05, 0.1) is 6.04 Å². The number of rotatable bonds is 2. The van der Waals surface area contributed by atoms with E-state index >= 15 is 0 Å². The zero-order chi connectivity index (χ0) is 15.9. The van der Waals surface area contributed by atoms with Crippen molar-refractivity contribution < 1.29 is 14.3 Å². The summed E-state index contributed by atoms with van der Waals surface area (Å²) in [5.74, 6) is -0.272. The zero-order valence-electron chi connectivity index (χ0n) is 12.7. The van der Waals surface area contributed by atoms with E-state index in [2.05, 4.69) is 0 Å². The SMILES string of the molecule is CCn1c(C)ccc(C(=O)N2CCN3C(=O)OC[C@@H]3C2)c1=O. The molecule has 2 aliphatic rings. The van der Waals surface area contributed by atoms with Crippen molar-refractivity contribution in [1.82, 2.24) is 14.4 Å². The molecule has 7 nitrogen and oxygen atoms in total. The second-order valence-electron chi connectivity index (χ2n) is 5.61. The standard InChI is InChI=1S/C15H19N3O4/c1-3-17-10(2)4-5-12(14(17)20)13(19)16-6-7-18-11(8-16)9-22-15(18)21/h4-5,11H,3,6-9H2,1-2H3/t11-/m0/s1. The predicted octanol–water partition coefficient (Wildman–Crippen LogP) is 0.453. The zero-order valence-corrected chi connectivity index (χ0v) is 12.7. The Bertz CT molecular complexity index is 682. The summed E-state index contributed by atoms with van der Waals surface area (Å²) in [4.78, 5) is 39.8. The number of nitrogens with zero attached hydrogens (tertiary/aromatic N) is 3. The number of aromatic nitrogens is 1. The molecule has 118 valence electrons. The van der Waals surface area contributed by atoms with Gasteiger partial charge in [0.2, 0.25) is 0 Å². The first-order chi connectivity index (χ1) is 10.5. The monoisotopic (exact) mass is 305 g/mol. The van der Waals surface area contributed by atoms with Crippen molar-refractivity contribution in [3.8, 4) is 0 Å². The first kappa shape index (κ1) is 14.6. The van der Waals surface area contributed by atoms with E-state index in [1.165, 1.54) is 0 Å². The Morgan fingerprint density at radius 3 is 2.82 bits per heavy atom. The lowest BCUT2D eigenvalue weighted by Gasteiger charge is -2.35. The molecule has 0 bridgehead atoms. The van der Waals surface area contributed by atoms with Crippen LogP contribution in [-0.4, -0.2) is 58.7 Å². The molecule has 0 aromatic carbocycles. The minimum absolute atomic E-state index is 0.107. The van der Waals surface area contributed by atoms with Crippen LogP contribution < -0.4 is 5.56 Å². The third-order valence-corrected chi connectivity index (χ3v) is 4.34. The number of pyridine rings is 1. The third kappa shape index (κ3) is 2.26. The van der Waals surface area contributed by atoms with E-state index in [1.807, 2.05) is 13.8 Å². The highest BCUT2D eigenvalue weighted by Crippen LogP contribution is 2.18. The predicted molar refractivity (Wildman–Crippen MR) is 78.9 cm³/mol. The largest absolute Gasteiger partial charge is 0.447 e. The molecule has 1 aromatic heterocycles. The van der Waals surface area contributed by atoms with Crippen LogP contribution in [0.1, 0.15) is 23.0 Å². The van der Waals surface area contributed by atoms with Crippen molar-refractivity contribution in [2.75, 3.05) is 26.2 Å². The van der Waals surface area contributed by atoms with Crippen molar-refractivity contribution in [2.24, 2.45) is 0 Å². The Balaban J connectivity index is 1.83. The molecule has 0 saturated carbocycles. The molecule has 7 heteroatoms. The molecule has 0 radical (unpaired) electrons. The van der Waals surface area contributed by atoms with E-state index in [4.69, 9.17) is 4.74 Å². The van der Waals surface area contributed by atoms with Crippen molar-refractivity contribution in [1.29, 1.82) is 0 Å². The number of piperazine rings is 1. The normalized spacial score (nSPS) is 20.8. The topological polar surface area (TPSA) is 71.8 Å². The Labute approximate surface area is 128 Å². The highest BCUT2D eigenvalue weighted by molar-refractivity contribution is 5.94. The molecule has 2 aliphatic heterocycles. The summed E-state index contributed by atoms with van der Waals surface area (Å²) < 4.78 is 6.58. The molecule has 2 saturated heterocycles. The van der Waals surface area contributed by atoms with E-state index < -0.39 is 0 Å². The first-order valence-electron chi connectivity index (χ1n) is 7.46. The maximum Gasteiger partial charge on any atom is 0.410 e. The first-order valence-corrected chi connectivity index (χ1v) is 7.46. The number of cyclic esters (lactones) is 1. The Morgan fingerprint density at radius 2 is 2.09 bits per heavy atom. The summed E-state index contributed by atoms with van der Waals surface area (Å²) in [6.45, 7) is 5.83. The van der Waals surface area contributed by atoms with Gasteiger partial charge >= 0.3 is 6.09 Å². The maximum absolute atomic E-state index is 12.6. The minimum Gasteiger partial charge on any atom is -0.447 e. The highest BCUT2D eigenvalue weighted by atomic mass is 16.6. The van der Waals surface area contributed by atoms with Crippen LogP contribution in [0.5, 0.6) is 0 Å². The van der Waals surface area contributed by atoms with Gasteiger partial charge in [-0.1, -0.05) is 0 Å². The van der Waals surface area contributed by atoms with E-state index in [1.54, 1.807) is 26.5 Å². The van der Waals surface area contributed by atoms with Crippen molar-refractivity contribution in [2.45, 2.75) is 26.4 Å². The van der Waals surface area contributed by atoms with E-state index in [0.29, 0.717) is 32.8 Å². The Morgan fingerprint density at radius 1 is 1.32 bits per heavy atom. The molecule has 0 N–H and O–H groups in total. The lowest BCUT2D eigenvalue weighted by atomic mass is 10.1. The molecule has 1 atom stereocenters. The van der Waals surface area contributed by atoms with Gasteiger partial charge in [-0.25, -0.2) is 4.79 Å². The number of carbonyl (C=O) groups is 2. The second-order valence-corrected chi connectivity index (χ2v) is 5.61. The van der Waals surface area contributed by atoms with Crippen molar-refractivity contribution >= 4 is 12.0 Å². The van der Waals surface area contributed by atoms with Crippen LogP contribution in [0.3, 0.4) is 0 Å². The summed E-state index contributed by atoms with van der Waals surface area (Å²) in [5, 5.41) is 0. The number of ether oxygens (including phenoxy) is 1. The summed E-state index contributed by atoms with van der Waals surface area (Å²) in [6.07, 6.45) is -0.319. The molecule has 1 aromatic rings. The number of fused-ring (bicyclic) bond motifs is 1. The average Bonchev–Trinajstić information content (AvgIpc) is 2.88. The minimum atomic E-state index is -0.319. The fraction of sp³-hybridized carbons (Fsp3) is 0.533. The second kappa shape index (κ2) is 5.47. The fourth-order valence-electron chi connectivity index (χ4n) is 3.07. The van der Waals surface area contributed by atoms with Gasteiger partial charge in [0.15, 0.2) is 0 Å². The number of aryl methyl sites for hydroxylation is 1. The van der Waals surface area contributed by atoms with Gasteiger partial charge in [-0.2, -0.15) is 0 Å². The van der Waals surface area contributed by atoms with Gasteiger partial charge in [0, 0.05) is 31.9 Å². The van der Waals surface area contributed by atoms with E-state index in [9.17, 15) is 14.4 Å². The molecular weight excluding hydrogens is 286 g/mol. The van der Waals surface area contributed by atoms with Crippen molar-refractivity contribution in [3.05, 3.63) is 33.7 Å². The molecule has 0 aliphatic carbocycles. The van der Waals surface area contributed by atoms with Gasteiger partial charge in [0.1, 0.15) is 12.2 Å². The van der Waals surface area contributed by atoms with Gasteiger partial charge < -0.3 is 14.2 Å². The average molecular weight is 305 g/mol. The number of carbonyl (C=O) groups excluding carboxylic acids is 2. The summed E-state index contributed by atoms with van der Waals surface area (Å²) in [7, 11) is 0. The van der Waals surface area contributed by atoms with Gasteiger partial charge in [0.25, 0.3) is 11.5 Å². The molecule has 0 spiro atoms. The third-order valence-electron chi connectivity index (χ3n) is 4.34. The fourth-order valence-corrected chi connectivity index (χ4v) is 3.07. The van der Waals surface area contributed by atoms with Gasteiger partial charge in [-0.3, -0.25) is 14.5 Å². The van der Waals surface area contributed by atoms with Crippen molar-refractivity contribution in [3.63, 3.8) is 0 Å². The highest BCUT2D eigenvalue weighted by Gasteiger charge is 2.39. The van der Waals surface area contributed by atoms with Crippen LogP contribution in [0.2, 0.25) is 0 Å². The van der Waals surface area contributed by atoms with Crippen LogP contribution in [0.25, 0.3) is 0 Å². The lowest BCUT2D eigenvalue weighted by molar-refractivity contribution is 0.0614. The number of amides is 2. The maximum atomic E-state index is 12.6. The smallest absolute Gasteiger partial charge is 0.410 e. The van der Waals surface area contributed by atoms with Crippen LogP contribution in [0.15, 0.2) is 16.9 Å². The Kier molecular flexibility index (Phi) is 3.64. The molecular formula is C15H19N3O4. The van der Waals surface area contributed by atoms with E-state index in [-0.39, 0.29) is 29.2 Å². The summed E-state index contributed by atoms with van der Waals surface area (Å²) >= 11 is 0. The molecule has 2 fully saturated rings. The molecule has 0 unspecified atom stereocenters. The van der Waals surface area contributed by atoms with Crippen LogP contribution in [0, 0.1) is 6.92 Å². The van der Waals surface area contributed by atoms with E-state index in [0.717, 1.165) is 5.69 Å². The lowest BCUT2D eigenvalue weighted by Crippen LogP contribution is -2.54.